The number of pyridine rings is 1. The number of nitrogens with zero attached hydrogens (tertiary/aromatic N) is 2. The van der Waals surface area contributed by atoms with E-state index in [1.54, 1.807) is 18.2 Å². The number of hydrogen-bond acceptors (Lipinski definition) is 6. The number of methoxy groups -OCH3 is 1. The van der Waals surface area contributed by atoms with Gasteiger partial charge in [-0.05, 0) is 69.1 Å². The van der Waals surface area contributed by atoms with Crippen LogP contribution in [0.1, 0.15) is 37.4 Å². The van der Waals surface area contributed by atoms with Crippen LogP contribution in [0.15, 0.2) is 42.6 Å². The summed E-state index contributed by atoms with van der Waals surface area (Å²) in [5, 5.41) is 24.4. The van der Waals surface area contributed by atoms with E-state index in [1.807, 2.05) is 0 Å². The number of piperidine rings is 1. The smallest absolute Gasteiger partial charge is 0.309 e. The van der Waals surface area contributed by atoms with Crippen LogP contribution < -0.4 is 10.1 Å². The summed E-state index contributed by atoms with van der Waals surface area (Å²) >= 11 is 0. The van der Waals surface area contributed by atoms with Crippen LogP contribution in [0.3, 0.4) is 0 Å². The van der Waals surface area contributed by atoms with Gasteiger partial charge in [0.05, 0.1) is 30.3 Å². The van der Waals surface area contributed by atoms with Crippen LogP contribution in [-0.4, -0.2) is 59.4 Å². The fourth-order valence-electron chi connectivity index (χ4n) is 4.98. The van der Waals surface area contributed by atoms with E-state index in [2.05, 4.69) is 15.2 Å². The molecular weight excluding hydrogens is 487 g/mol. The second-order valence-electron chi connectivity index (χ2n) is 9.47. The maximum Gasteiger partial charge on any atom is 0.309 e. The first-order valence-electron chi connectivity index (χ1n) is 12.2. The molecule has 10 heteroatoms. The fraction of sp³-hybridized carbons (Fsp3) is 0.407. The lowest BCUT2D eigenvalue weighted by molar-refractivity contribution is -0.153. The molecule has 0 aliphatic carbocycles. The lowest BCUT2D eigenvalue weighted by Crippen LogP contribution is -2.45. The Balaban J connectivity index is 1.37. The summed E-state index contributed by atoms with van der Waals surface area (Å²) in [6.45, 7) is 2.06. The average Bonchev–Trinajstić information content (AvgIpc) is 2.87. The predicted molar refractivity (Wildman–Crippen MR) is 133 cm³/mol. The molecule has 1 aliphatic heterocycles. The van der Waals surface area contributed by atoms with Gasteiger partial charge in [0.25, 0.3) is 0 Å². The number of carbonyl (C=O) groups is 1. The van der Waals surface area contributed by atoms with Gasteiger partial charge < -0.3 is 25.2 Å². The maximum atomic E-state index is 14.7. The molecule has 1 atom stereocenters. The molecule has 0 saturated carbocycles. The van der Waals surface area contributed by atoms with E-state index in [0.717, 1.165) is 12.3 Å². The minimum absolute atomic E-state index is 0.0756. The second kappa shape index (κ2) is 11.4. The van der Waals surface area contributed by atoms with E-state index in [4.69, 9.17) is 4.74 Å². The Hall–Kier alpha value is -3.37. The number of aliphatic hydroxyl groups excluding tert-OH is 1. The molecule has 0 spiro atoms. The van der Waals surface area contributed by atoms with Crippen LogP contribution in [0.4, 0.5) is 18.9 Å². The molecule has 0 radical (unpaired) electrons. The number of aliphatic hydroxyl groups is 1. The largest absolute Gasteiger partial charge is 0.497 e. The molecule has 198 valence electrons. The van der Waals surface area contributed by atoms with Gasteiger partial charge in [-0.2, -0.15) is 0 Å². The molecule has 0 bridgehead atoms. The van der Waals surface area contributed by atoms with Crippen LogP contribution in [0.5, 0.6) is 5.75 Å². The summed E-state index contributed by atoms with van der Waals surface area (Å²) in [4.78, 5) is 18.4. The topological polar surface area (TPSA) is 94.9 Å². The Morgan fingerprint density at radius 3 is 2.51 bits per heavy atom. The molecule has 37 heavy (non-hydrogen) atoms. The normalized spacial score (nSPS) is 16.5. The number of anilines is 1. The van der Waals surface area contributed by atoms with Crippen LogP contribution in [-0.2, 0) is 4.79 Å². The van der Waals surface area contributed by atoms with Gasteiger partial charge in [0.1, 0.15) is 23.2 Å². The fourth-order valence-corrected chi connectivity index (χ4v) is 4.98. The number of likely N-dealkylation sites (tertiary alicyclic amines) is 1. The molecule has 0 amide bonds. The van der Waals surface area contributed by atoms with Crippen LogP contribution in [0.2, 0.25) is 0 Å². The molecule has 4 rings (SSSR count). The standard InChI is InChI=1S/C27H30F3N3O4/c1-37-20-2-3-23-21(15-20)25(22(30)16-32-23)24(34)4-5-27(26(35)36)6-9-33(10-7-27)11-8-31-19-13-17(28)12-18(29)14-19/h2-3,12-16,24,31,34H,4-11H2,1H3,(H,35,36). The lowest BCUT2D eigenvalue weighted by Gasteiger charge is -2.39. The van der Waals surface area contributed by atoms with E-state index in [1.165, 1.54) is 19.2 Å². The summed E-state index contributed by atoms with van der Waals surface area (Å²) in [7, 11) is 1.49. The van der Waals surface area contributed by atoms with Gasteiger partial charge in [0.2, 0.25) is 0 Å². The number of carboxylic acid groups (broad SMARTS) is 1. The van der Waals surface area contributed by atoms with Crippen molar-refractivity contribution in [1.82, 2.24) is 9.88 Å². The van der Waals surface area contributed by atoms with Crippen molar-refractivity contribution >= 4 is 22.6 Å². The summed E-state index contributed by atoms with van der Waals surface area (Å²) < 4.78 is 46.6. The third-order valence-electron chi connectivity index (χ3n) is 7.18. The van der Waals surface area contributed by atoms with Crippen LogP contribution in [0.25, 0.3) is 10.9 Å². The van der Waals surface area contributed by atoms with Gasteiger partial charge in [-0.1, -0.05) is 0 Å². The van der Waals surface area contributed by atoms with Gasteiger partial charge >= 0.3 is 5.97 Å². The molecule has 1 aliphatic rings. The zero-order chi connectivity index (χ0) is 26.6. The van der Waals surface area contributed by atoms with Crippen molar-refractivity contribution in [2.24, 2.45) is 5.41 Å². The number of nitrogens with one attached hydrogen (secondary N) is 1. The number of rotatable bonds is 10. The van der Waals surface area contributed by atoms with Gasteiger partial charge in [-0.25, -0.2) is 13.2 Å². The van der Waals surface area contributed by atoms with Crippen molar-refractivity contribution in [3.63, 3.8) is 0 Å². The molecule has 2 aromatic carbocycles. The van der Waals surface area contributed by atoms with E-state index >= 15 is 0 Å². The van der Waals surface area contributed by atoms with E-state index in [-0.39, 0.29) is 18.4 Å². The van der Waals surface area contributed by atoms with Crippen molar-refractivity contribution in [2.75, 3.05) is 38.6 Å². The number of benzene rings is 2. The van der Waals surface area contributed by atoms with Crippen LogP contribution in [0, 0.1) is 22.9 Å². The first-order valence-corrected chi connectivity index (χ1v) is 12.2. The number of fused-ring (bicyclic) bond motifs is 1. The number of ether oxygens (including phenoxy) is 1. The highest BCUT2D eigenvalue weighted by Gasteiger charge is 2.41. The third-order valence-corrected chi connectivity index (χ3v) is 7.18. The van der Waals surface area contributed by atoms with Crippen molar-refractivity contribution in [3.05, 3.63) is 65.6 Å². The summed E-state index contributed by atoms with van der Waals surface area (Å²) in [6, 6.07) is 8.22. The highest BCUT2D eigenvalue weighted by atomic mass is 19.1. The molecular formula is C27H30F3N3O4. The van der Waals surface area contributed by atoms with Crippen molar-refractivity contribution in [3.8, 4) is 5.75 Å². The van der Waals surface area contributed by atoms with Gasteiger partial charge in [-0.3, -0.25) is 9.78 Å². The number of hydrogen-bond donors (Lipinski definition) is 3. The minimum Gasteiger partial charge on any atom is -0.497 e. The summed E-state index contributed by atoms with van der Waals surface area (Å²) in [6.07, 6.45) is 0.860. The van der Waals surface area contributed by atoms with Gasteiger partial charge in [-0.15, -0.1) is 0 Å². The highest BCUT2D eigenvalue weighted by molar-refractivity contribution is 5.84. The van der Waals surface area contributed by atoms with E-state index in [9.17, 15) is 28.2 Å². The predicted octanol–water partition coefficient (Wildman–Crippen LogP) is 4.75. The molecule has 1 saturated heterocycles. The van der Waals surface area contributed by atoms with E-state index in [0.29, 0.717) is 61.4 Å². The number of aliphatic carboxylic acids is 1. The summed E-state index contributed by atoms with van der Waals surface area (Å²) in [5.74, 6) is -2.41. The monoisotopic (exact) mass is 517 g/mol. The van der Waals surface area contributed by atoms with Crippen molar-refractivity contribution in [1.29, 1.82) is 0 Å². The zero-order valence-electron chi connectivity index (χ0n) is 20.5. The number of aromatic nitrogens is 1. The van der Waals surface area contributed by atoms with Crippen molar-refractivity contribution < 1.29 is 32.9 Å². The Bertz CT molecular complexity index is 1240. The maximum absolute atomic E-state index is 14.7. The second-order valence-corrected chi connectivity index (χ2v) is 9.47. The Labute approximate surface area is 212 Å². The third kappa shape index (κ3) is 6.14. The first-order chi connectivity index (χ1) is 17.7. The summed E-state index contributed by atoms with van der Waals surface area (Å²) in [5.41, 5.74) is -0.0983. The molecule has 1 aromatic heterocycles. The van der Waals surface area contributed by atoms with E-state index < -0.39 is 34.9 Å². The van der Waals surface area contributed by atoms with Gasteiger partial charge in [0.15, 0.2) is 0 Å². The Kier molecular flexibility index (Phi) is 8.19. The van der Waals surface area contributed by atoms with Gasteiger partial charge in [0, 0.05) is 35.8 Å². The minimum atomic E-state index is -1.21. The molecule has 7 nitrogen and oxygen atoms in total. The molecule has 1 unspecified atom stereocenters. The zero-order valence-corrected chi connectivity index (χ0v) is 20.5. The lowest BCUT2D eigenvalue weighted by atomic mass is 9.74. The Morgan fingerprint density at radius 2 is 1.86 bits per heavy atom. The molecule has 3 aromatic rings. The SMILES string of the molecule is COc1ccc2ncc(F)c(C(O)CCC3(C(=O)O)CCN(CCNc4cc(F)cc(F)c4)CC3)c2c1. The first kappa shape index (κ1) is 26.7. The number of carboxylic acids is 1. The number of halogens is 3. The van der Waals surface area contributed by atoms with Crippen molar-refractivity contribution in [2.45, 2.75) is 31.8 Å². The molecule has 2 heterocycles. The molecule has 1 fully saturated rings. The quantitative estimate of drug-likeness (QED) is 0.357. The highest BCUT2D eigenvalue weighted by Crippen LogP contribution is 2.40. The van der Waals surface area contributed by atoms with Crippen LogP contribution >= 0.6 is 0 Å². The Morgan fingerprint density at radius 1 is 1.16 bits per heavy atom. The average molecular weight is 518 g/mol. The molecule has 3 N–H and O–H groups in total.